The number of sulfone groups is 1. The number of nitrogens with zero attached hydrogens (tertiary/aromatic N) is 1. The molecule has 0 amide bonds. The Labute approximate surface area is 110 Å². The minimum absolute atomic E-state index is 0.0768. The second-order valence-electron chi connectivity index (χ2n) is 3.67. The summed E-state index contributed by atoms with van der Waals surface area (Å²) < 4.78 is 61.6. The molecule has 0 saturated carbocycles. The zero-order valence-corrected chi connectivity index (χ0v) is 11.6. The fourth-order valence-corrected chi connectivity index (χ4v) is 3.09. The quantitative estimate of drug-likeness (QED) is 0.627. The molecule has 0 fully saturated rings. The molecule has 0 aliphatic carbocycles. The molecule has 19 heavy (non-hydrogen) atoms. The third kappa shape index (κ3) is 3.99. The van der Waals surface area contributed by atoms with Gasteiger partial charge in [-0.15, -0.1) is 0 Å². The maximum Gasteiger partial charge on any atom is 0.243 e. The first-order valence-electron chi connectivity index (χ1n) is 5.05. The molecule has 1 aromatic rings. The van der Waals surface area contributed by atoms with Gasteiger partial charge in [-0.25, -0.2) is 25.9 Å². The fraction of sp³-hybridized carbons (Fsp3) is 0.300. The lowest BCUT2D eigenvalue weighted by Gasteiger charge is -2.07. The maximum absolute atomic E-state index is 13.5. The lowest BCUT2D eigenvalue weighted by atomic mass is 10.3. The lowest BCUT2D eigenvalue weighted by Crippen LogP contribution is -2.25. The minimum atomic E-state index is -4.19. The van der Waals surface area contributed by atoms with Crippen molar-refractivity contribution in [2.45, 2.75) is 16.2 Å². The molecule has 0 spiro atoms. The molecular formula is C10H11FN2O4S2. The molecule has 0 radical (unpaired) electrons. The molecule has 9 heteroatoms. The summed E-state index contributed by atoms with van der Waals surface area (Å²) in [4.78, 5) is -1.05. The molecule has 0 aliphatic rings. The number of nitrogens with one attached hydrogen (secondary N) is 1. The number of nitriles is 1. The third-order valence-corrected chi connectivity index (χ3v) is 4.74. The highest BCUT2D eigenvalue weighted by Crippen LogP contribution is 2.19. The van der Waals surface area contributed by atoms with E-state index in [1.807, 2.05) is 4.72 Å². The summed E-state index contributed by atoms with van der Waals surface area (Å²) in [6.45, 7) is -0.179. The van der Waals surface area contributed by atoms with Crippen LogP contribution in [0.15, 0.2) is 28.0 Å². The van der Waals surface area contributed by atoms with Gasteiger partial charge in [-0.1, -0.05) is 0 Å². The van der Waals surface area contributed by atoms with E-state index in [0.29, 0.717) is 0 Å². The Bertz CT molecular complexity index is 720. The molecule has 0 saturated heterocycles. The highest BCUT2D eigenvalue weighted by molar-refractivity contribution is 7.91. The molecule has 104 valence electrons. The van der Waals surface area contributed by atoms with Crippen LogP contribution in [0.4, 0.5) is 4.39 Å². The van der Waals surface area contributed by atoms with Crippen LogP contribution in [-0.4, -0.2) is 29.6 Å². The number of sulfonamides is 1. The van der Waals surface area contributed by atoms with Crippen molar-refractivity contribution in [3.8, 4) is 6.07 Å². The Hall–Kier alpha value is -1.50. The van der Waals surface area contributed by atoms with E-state index in [1.54, 1.807) is 6.07 Å². The lowest BCUT2D eigenvalue weighted by molar-refractivity contribution is 0.555. The third-order valence-electron chi connectivity index (χ3n) is 2.15. The van der Waals surface area contributed by atoms with Gasteiger partial charge in [-0.3, -0.25) is 0 Å². The second kappa shape index (κ2) is 5.64. The summed E-state index contributed by atoms with van der Waals surface area (Å²) in [5, 5.41) is 8.30. The average molecular weight is 306 g/mol. The second-order valence-corrected chi connectivity index (χ2v) is 7.42. The van der Waals surface area contributed by atoms with Gasteiger partial charge in [0.05, 0.1) is 11.0 Å². The van der Waals surface area contributed by atoms with Crippen molar-refractivity contribution < 1.29 is 21.2 Å². The predicted molar refractivity (Wildman–Crippen MR) is 64.9 cm³/mol. The standard InChI is InChI=1S/C10H11FN2O4S2/c1-18(14,15)8-3-4-9(11)10(7-8)19(16,17)13-6-2-5-12/h3-4,7,13H,2,6H2,1H3. The number of hydrogen-bond donors (Lipinski definition) is 1. The van der Waals surface area contributed by atoms with Gasteiger partial charge in [0.25, 0.3) is 0 Å². The fourth-order valence-electron chi connectivity index (χ4n) is 1.24. The van der Waals surface area contributed by atoms with Crippen molar-refractivity contribution in [1.29, 1.82) is 5.26 Å². The number of rotatable bonds is 5. The normalized spacial score (nSPS) is 12.1. The summed E-state index contributed by atoms with van der Waals surface area (Å²) >= 11 is 0. The Morgan fingerprint density at radius 2 is 1.95 bits per heavy atom. The molecule has 0 heterocycles. The molecule has 1 rings (SSSR count). The molecule has 1 N–H and O–H groups in total. The van der Waals surface area contributed by atoms with Crippen molar-refractivity contribution in [3.05, 3.63) is 24.0 Å². The van der Waals surface area contributed by atoms with Crippen molar-refractivity contribution in [3.63, 3.8) is 0 Å². The summed E-state index contributed by atoms with van der Waals surface area (Å²) in [7, 11) is -7.83. The number of hydrogen-bond acceptors (Lipinski definition) is 5. The van der Waals surface area contributed by atoms with Crippen LogP contribution in [0.5, 0.6) is 0 Å². The van der Waals surface area contributed by atoms with Crippen LogP contribution in [-0.2, 0) is 19.9 Å². The predicted octanol–water partition coefficient (Wildman–Crippen LogP) is 0.421. The number of halogens is 1. The van der Waals surface area contributed by atoms with Crippen molar-refractivity contribution in [2.24, 2.45) is 0 Å². The minimum Gasteiger partial charge on any atom is -0.224 e. The molecule has 0 aliphatic heterocycles. The van der Waals surface area contributed by atoms with Crippen molar-refractivity contribution in [2.75, 3.05) is 12.8 Å². The number of benzene rings is 1. The molecule has 0 unspecified atom stereocenters. The zero-order valence-electron chi connectivity index (χ0n) is 9.92. The molecule has 1 aromatic carbocycles. The monoisotopic (exact) mass is 306 g/mol. The first kappa shape index (κ1) is 15.6. The van der Waals surface area contributed by atoms with E-state index in [2.05, 4.69) is 0 Å². The first-order valence-corrected chi connectivity index (χ1v) is 8.42. The van der Waals surface area contributed by atoms with Gasteiger partial charge in [0, 0.05) is 19.2 Å². The van der Waals surface area contributed by atoms with Gasteiger partial charge in [0.15, 0.2) is 9.84 Å². The van der Waals surface area contributed by atoms with Crippen molar-refractivity contribution >= 4 is 19.9 Å². The van der Waals surface area contributed by atoms with Gasteiger partial charge in [-0.2, -0.15) is 5.26 Å². The van der Waals surface area contributed by atoms with Gasteiger partial charge in [0.2, 0.25) is 10.0 Å². The van der Waals surface area contributed by atoms with Crippen LogP contribution < -0.4 is 4.72 Å². The van der Waals surface area contributed by atoms with Crippen molar-refractivity contribution in [1.82, 2.24) is 4.72 Å². The molecular weight excluding hydrogens is 295 g/mol. The van der Waals surface area contributed by atoms with E-state index in [4.69, 9.17) is 5.26 Å². The van der Waals surface area contributed by atoms with Crippen LogP contribution in [0.25, 0.3) is 0 Å². The van der Waals surface area contributed by atoms with E-state index in [9.17, 15) is 21.2 Å². The van der Waals surface area contributed by atoms with Crippen LogP contribution >= 0.6 is 0 Å². The van der Waals surface area contributed by atoms with E-state index in [-0.39, 0.29) is 17.9 Å². The Morgan fingerprint density at radius 3 is 2.47 bits per heavy atom. The van der Waals surface area contributed by atoms with E-state index >= 15 is 0 Å². The molecule has 0 aromatic heterocycles. The van der Waals surface area contributed by atoms with Crippen LogP contribution in [0, 0.1) is 17.1 Å². The van der Waals surface area contributed by atoms with Crippen LogP contribution in [0.2, 0.25) is 0 Å². The largest absolute Gasteiger partial charge is 0.243 e. The van der Waals surface area contributed by atoms with Crippen LogP contribution in [0.3, 0.4) is 0 Å². The Kier molecular flexibility index (Phi) is 4.62. The molecule has 0 bridgehead atoms. The smallest absolute Gasteiger partial charge is 0.224 e. The highest BCUT2D eigenvalue weighted by atomic mass is 32.2. The average Bonchev–Trinajstić information content (AvgIpc) is 2.27. The summed E-state index contributed by atoms with van der Waals surface area (Å²) in [5.41, 5.74) is 0. The summed E-state index contributed by atoms with van der Waals surface area (Å²) in [6.07, 6.45) is 0.812. The molecule has 0 atom stereocenters. The van der Waals surface area contributed by atoms with Gasteiger partial charge >= 0.3 is 0 Å². The topological polar surface area (TPSA) is 104 Å². The molecule has 6 nitrogen and oxygen atoms in total. The van der Waals surface area contributed by atoms with E-state index in [0.717, 1.165) is 24.5 Å². The van der Waals surface area contributed by atoms with Gasteiger partial charge in [-0.05, 0) is 18.2 Å². The maximum atomic E-state index is 13.5. The zero-order chi connectivity index (χ0) is 14.7. The van der Waals surface area contributed by atoms with E-state index in [1.165, 1.54) is 0 Å². The Morgan fingerprint density at radius 1 is 1.32 bits per heavy atom. The van der Waals surface area contributed by atoms with Gasteiger partial charge in [0.1, 0.15) is 10.7 Å². The summed E-state index contributed by atoms with van der Waals surface area (Å²) in [5.74, 6) is -1.06. The van der Waals surface area contributed by atoms with E-state index < -0.39 is 30.6 Å². The summed E-state index contributed by atoms with van der Waals surface area (Å²) in [6, 6.07) is 4.23. The van der Waals surface area contributed by atoms with Gasteiger partial charge < -0.3 is 0 Å². The van der Waals surface area contributed by atoms with Crippen LogP contribution in [0.1, 0.15) is 6.42 Å². The first-order chi connectivity index (χ1) is 8.68. The highest BCUT2D eigenvalue weighted by Gasteiger charge is 2.21. The SMILES string of the molecule is CS(=O)(=O)c1ccc(F)c(S(=O)(=O)NCCC#N)c1. The Balaban J connectivity index is 3.24.